The lowest BCUT2D eigenvalue weighted by Gasteiger charge is -2.28. The lowest BCUT2D eigenvalue weighted by atomic mass is 9.78. The van der Waals surface area contributed by atoms with Gasteiger partial charge >= 0.3 is 0 Å². The predicted molar refractivity (Wildman–Crippen MR) is 71.2 cm³/mol. The molecule has 0 spiro atoms. The summed E-state index contributed by atoms with van der Waals surface area (Å²) in [6.45, 7) is 14.2. The fraction of sp³-hybridized carbons (Fsp3) is 1.00. The van der Waals surface area contributed by atoms with Crippen molar-refractivity contribution < 1.29 is 0 Å². The van der Waals surface area contributed by atoms with Crippen molar-refractivity contribution in [3.8, 4) is 0 Å². The number of hydrogen-bond acceptors (Lipinski definition) is 0. The molecule has 0 radical (unpaired) electrons. The molecule has 0 amide bonds. The SMILES string of the molecule is CCCCC(C)(C)CCCC(C)(C)CC. The molecule has 92 valence electrons. The molecule has 0 heteroatoms. The van der Waals surface area contributed by atoms with Gasteiger partial charge in [-0.3, -0.25) is 0 Å². The van der Waals surface area contributed by atoms with E-state index in [9.17, 15) is 0 Å². The van der Waals surface area contributed by atoms with Crippen LogP contribution in [0.4, 0.5) is 0 Å². The maximum Gasteiger partial charge on any atom is -0.0354 e. The summed E-state index contributed by atoms with van der Waals surface area (Å²) < 4.78 is 0. The highest BCUT2D eigenvalue weighted by molar-refractivity contribution is 4.72. The molecule has 0 saturated carbocycles. The van der Waals surface area contributed by atoms with Crippen molar-refractivity contribution in [3.05, 3.63) is 0 Å². The maximum atomic E-state index is 2.43. The molecule has 0 atom stereocenters. The van der Waals surface area contributed by atoms with E-state index in [2.05, 4.69) is 41.5 Å². The van der Waals surface area contributed by atoms with Gasteiger partial charge in [0, 0.05) is 0 Å². The number of rotatable bonds is 8. The molecule has 0 N–H and O–H groups in total. The highest BCUT2D eigenvalue weighted by Gasteiger charge is 2.20. The second-order valence-corrected chi connectivity index (χ2v) is 6.64. The summed E-state index contributed by atoms with van der Waals surface area (Å²) in [5, 5.41) is 0. The first kappa shape index (κ1) is 15.0. The highest BCUT2D eigenvalue weighted by Crippen LogP contribution is 2.33. The monoisotopic (exact) mass is 212 g/mol. The smallest absolute Gasteiger partial charge is 0.0354 e. The van der Waals surface area contributed by atoms with E-state index in [4.69, 9.17) is 0 Å². The second kappa shape index (κ2) is 6.55. The number of hydrogen-bond donors (Lipinski definition) is 0. The van der Waals surface area contributed by atoms with Crippen molar-refractivity contribution in [3.63, 3.8) is 0 Å². The Labute approximate surface area is 97.8 Å². The highest BCUT2D eigenvalue weighted by atomic mass is 14.3. The van der Waals surface area contributed by atoms with E-state index in [0.717, 1.165) is 0 Å². The van der Waals surface area contributed by atoms with Crippen molar-refractivity contribution in [2.75, 3.05) is 0 Å². The Kier molecular flexibility index (Phi) is 6.55. The van der Waals surface area contributed by atoms with Crippen LogP contribution in [-0.4, -0.2) is 0 Å². The lowest BCUT2D eigenvalue weighted by molar-refractivity contribution is 0.245. The first-order chi connectivity index (χ1) is 6.83. The predicted octanol–water partition coefficient (Wildman–Crippen LogP) is 5.81. The molecular formula is C15H32. The Morgan fingerprint density at radius 3 is 1.60 bits per heavy atom. The molecule has 0 bridgehead atoms. The minimum absolute atomic E-state index is 0.556. The van der Waals surface area contributed by atoms with Gasteiger partial charge in [-0.15, -0.1) is 0 Å². The van der Waals surface area contributed by atoms with E-state index < -0.39 is 0 Å². The molecule has 0 heterocycles. The largest absolute Gasteiger partial charge is 0.0654 e. The fourth-order valence-corrected chi connectivity index (χ4v) is 2.00. The minimum Gasteiger partial charge on any atom is -0.0654 e. The van der Waals surface area contributed by atoms with Gasteiger partial charge in [0.2, 0.25) is 0 Å². The molecule has 0 aromatic heterocycles. The number of unbranched alkanes of at least 4 members (excludes halogenated alkanes) is 1. The standard InChI is InChI=1S/C15H32/c1-7-9-11-15(5,6)13-10-12-14(3,4)8-2/h7-13H2,1-6H3. The van der Waals surface area contributed by atoms with Gasteiger partial charge in [0.05, 0.1) is 0 Å². The van der Waals surface area contributed by atoms with Gasteiger partial charge < -0.3 is 0 Å². The fourth-order valence-electron chi connectivity index (χ4n) is 2.00. The zero-order valence-electron chi connectivity index (χ0n) is 11.9. The maximum absolute atomic E-state index is 2.43. The third-order valence-electron chi connectivity index (χ3n) is 3.87. The van der Waals surface area contributed by atoms with Crippen LogP contribution in [0.15, 0.2) is 0 Å². The Hall–Kier alpha value is 0. The summed E-state index contributed by atoms with van der Waals surface area (Å²) in [5.74, 6) is 0. The third kappa shape index (κ3) is 7.88. The lowest BCUT2D eigenvalue weighted by Crippen LogP contribution is -2.14. The average Bonchev–Trinajstić information content (AvgIpc) is 2.14. The molecule has 0 aromatic rings. The van der Waals surface area contributed by atoms with E-state index in [0.29, 0.717) is 10.8 Å². The molecular weight excluding hydrogens is 180 g/mol. The van der Waals surface area contributed by atoms with Crippen molar-refractivity contribution in [2.24, 2.45) is 10.8 Å². The van der Waals surface area contributed by atoms with Crippen molar-refractivity contribution in [2.45, 2.75) is 86.5 Å². The molecule has 0 aromatic carbocycles. The summed E-state index contributed by atoms with van der Waals surface area (Å²) in [5.41, 5.74) is 1.13. The van der Waals surface area contributed by atoms with Gasteiger partial charge in [0.1, 0.15) is 0 Å². The minimum atomic E-state index is 0.556. The Morgan fingerprint density at radius 2 is 1.13 bits per heavy atom. The van der Waals surface area contributed by atoms with Crippen LogP contribution in [0, 0.1) is 10.8 Å². The molecule has 0 saturated heterocycles. The summed E-state index contributed by atoms with van der Waals surface area (Å²) in [4.78, 5) is 0. The van der Waals surface area contributed by atoms with E-state index in [1.807, 2.05) is 0 Å². The third-order valence-corrected chi connectivity index (χ3v) is 3.87. The first-order valence-electron chi connectivity index (χ1n) is 6.83. The van der Waals surface area contributed by atoms with Gasteiger partial charge in [-0.1, -0.05) is 67.2 Å². The van der Waals surface area contributed by atoms with Crippen molar-refractivity contribution in [1.29, 1.82) is 0 Å². The molecule has 0 aliphatic carbocycles. The zero-order valence-corrected chi connectivity index (χ0v) is 11.9. The molecule has 0 aliphatic heterocycles. The molecule has 0 aliphatic rings. The molecule has 15 heavy (non-hydrogen) atoms. The summed E-state index contributed by atoms with van der Waals surface area (Å²) >= 11 is 0. The van der Waals surface area contributed by atoms with Crippen LogP contribution in [0.1, 0.15) is 86.5 Å². The van der Waals surface area contributed by atoms with Gasteiger partial charge in [0.25, 0.3) is 0 Å². The van der Waals surface area contributed by atoms with Crippen molar-refractivity contribution in [1.82, 2.24) is 0 Å². The van der Waals surface area contributed by atoms with Crippen LogP contribution in [0.2, 0.25) is 0 Å². The summed E-state index contributed by atoms with van der Waals surface area (Å²) in [6, 6.07) is 0. The quantitative estimate of drug-likeness (QED) is 0.476. The molecule has 0 fully saturated rings. The van der Waals surface area contributed by atoms with Crippen molar-refractivity contribution >= 4 is 0 Å². The Balaban J connectivity index is 3.74. The van der Waals surface area contributed by atoms with Gasteiger partial charge in [0.15, 0.2) is 0 Å². The topological polar surface area (TPSA) is 0 Å². The van der Waals surface area contributed by atoms with Gasteiger partial charge in [-0.05, 0) is 30.1 Å². The molecule has 0 rings (SSSR count). The van der Waals surface area contributed by atoms with Crippen LogP contribution < -0.4 is 0 Å². The summed E-state index contributed by atoms with van der Waals surface area (Å²) in [7, 11) is 0. The van der Waals surface area contributed by atoms with Gasteiger partial charge in [-0.2, -0.15) is 0 Å². The van der Waals surface area contributed by atoms with E-state index in [1.54, 1.807) is 0 Å². The van der Waals surface area contributed by atoms with E-state index in [1.165, 1.54) is 44.9 Å². The molecule has 0 unspecified atom stereocenters. The van der Waals surface area contributed by atoms with Crippen LogP contribution >= 0.6 is 0 Å². The van der Waals surface area contributed by atoms with Crippen LogP contribution in [-0.2, 0) is 0 Å². The average molecular weight is 212 g/mol. The zero-order chi connectivity index (χ0) is 11.9. The Morgan fingerprint density at radius 1 is 0.667 bits per heavy atom. The summed E-state index contributed by atoms with van der Waals surface area (Å²) in [6.07, 6.45) is 9.62. The normalized spacial score (nSPS) is 13.2. The van der Waals surface area contributed by atoms with Gasteiger partial charge in [-0.25, -0.2) is 0 Å². The Bertz CT molecular complexity index is 153. The second-order valence-electron chi connectivity index (χ2n) is 6.64. The van der Waals surface area contributed by atoms with Crippen LogP contribution in [0.3, 0.4) is 0 Å². The van der Waals surface area contributed by atoms with E-state index in [-0.39, 0.29) is 0 Å². The molecule has 0 nitrogen and oxygen atoms in total. The van der Waals surface area contributed by atoms with E-state index >= 15 is 0 Å². The first-order valence-corrected chi connectivity index (χ1v) is 6.83. The van der Waals surface area contributed by atoms with Crippen LogP contribution in [0.5, 0.6) is 0 Å². The van der Waals surface area contributed by atoms with Crippen LogP contribution in [0.25, 0.3) is 0 Å².